The molecule has 0 aliphatic carbocycles. The first-order valence-corrected chi connectivity index (χ1v) is 9.49. The Morgan fingerprint density at radius 3 is 2.41 bits per heavy atom. The summed E-state index contributed by atoms with van der Waals surface area (Å²) in [7, 11) is 0. The summed E-state index contributed by atoms with van der Waals surface area (Å²) >= 11 is 6.08. The summed E-state index contributed by atoms with van der Waals surface area (Å²) in [4.78, 5) is 28.9. The van der Waals surface area contributed by atoms with E-state index in [-0.39, 0.29) is 17.7 Å². The van der Waals surface area contributed by atoms with Gasteiger partial charge in [0.15, 0.2) is 5.78 Å². The number of halogens is 1. The number of nitrogens with zero attached hydrogens (tertiary/aromatic N) is 2. The van der Waals surface area contributed by atoms with E-state index < -0.39 is 0 Å². The Morgan fingerprint density at radius 2 is 1.74 bits per heavy atom. The maximum absolute atomic E-state index is 12.7. The lowest BCUT2D eigenvalue weighted by atomic mass is 10.1. The molecule has 1 heterocycles. The zero-order valence-corrected chi connectivity index (χ0v) is 16.4. The van der Waals surface area contributed by atoms with Crippen LogP contribution in [0.1, 0.15) is 24.2 Å². The van der Waals surface area contributed by atoms with Gasteiger partial charge in [-0.1, -0.05) is 29.8 Å². The van der Waals surface area contributed by atoms with Gasteiger partial charge in [-0.05, 0) is 44.2 Å². The molecule has 1 fully saturated rings. The molecule has 142 valence electrons. The summed E-state index contributed by atoms with van der Waals surface area (Å²) in [5.41, 5.74) is 2.21. The van der Waals surface area contributed by atoms with Gasteiger partial charge in [-0.3, -0.25) is 14.5 Å². The molecule has 1 amide bonds. The molecule has 1 saturated heterocycles. The smallest absolute Gasteiger partial charge is 0.241 e. The predicted molar refractivity (Wildman–Crippen MR) is 110 cm³/mol. The third-order valence-corrected chi connectivity index (χ3v) is 5.21. The van der Waals surface area contributed by atoms with Crippen LogP contribution in [0.25, 0.3) is 0 Å². The lowest BCUT2D eigenvalue weighted by Crippen LogP contribution is -2.52. The van der Waals surface area contributed by atoms with Gasteiger partial charge in [-0.25, -0.2) is 0 Å². The Balaban J connectivity index is 1.60. The zero-order chi connectivity index (χ0) is 19.4. The molecular formula is C21H24ClN3O2. The van der Waals surface area contributed by atoms with Crippen molar-refractivity contribution in [1.82, 2.24) is 4.90 Å². The van der Waals surface area contributed by atoms with Crippen molar-refractivity contribution in [2.45, 2.75) is 19.9 Å². The number of para-hydroxylation sites is 1. The van der Waals surface area contributed by atoms with E-state index in [1.54, 1.807) is 18.2 Å². The first-order chi connectivity index (χ1) is 13.0. The van der Waals surface area contributed by atoms with Crippen molar-refractivity contribution < 1.29 is 9.59 Å². The van der Waals surface area contributed by atoms with Crippen molar-refractivity contribution in [3.8, 4) is 0 Å². The van der Waals surface area contributed by atoms with Crippen LogP contribution in [0.5, 0.6) is 0 Å². The van der Waals surface area contributed by atoms with E-state index in [0.717, 1.165) is 36.9 Å². The van der Waals surface area contributed by atoms with Crippen molar-refractivity contribution in [2.75, 3.05) is 36.4 Å². The third kappa shape index (κ3) is 4.67. The second-order valence-corrected chi connectivity index (χ2v) is 7.21. The zero-order valence-electron chi connectivity index (χ0n) is 15.6. The summed E-state index contributed by atoms with van der Waals surface area (Å²) in [5.74, 6) is -0.159. The molecule has 1 aliphatic heterocycles. The van der Waals surface area contributed by atoms with Crippen LogP contribution in [0.15, 0.2) is 48.5 Å². The van der Waals surface area contributed by atoms with Gasteiger partial charge in [0.1, 0.15) is 0 Å². The monoisotopic (exact) mass is 385 g/mol. The fourth-order valence-electron chi connectivity index (χ4n) is 3.34. The fraction of sp³-hybridized carbons (Fsp3) is 0.333. The Morgan fingerprint density at radius 1 is 1.04 bits per heavy atom. The van der Waals surface area contributed by atoms with Gasteiger partial charge < -0.3 is 10.2 Å². The Hall–Kier alpha value is -2.37. The highest BCUT2D eigenvalue weighted by atomic mass is 35.5. The van der Waals surface area contributed by atoms with Crippen LogP contribution in [0.3, 0.4) is 0 Å². The van der Waals surface area contributed by atoms with Gasteiger partial charge in [0, 0.05) is 42.5 Å². The standard InChI is InChI=1S/C21H24ClN3O2/c1-15(21(27)23-20-9-4-3-8-19(20)16(2)26)24-10-12-25(13-11-24)18-7-5-6-17(22)14-18/h3-9,14-15H,10-13H2,1-2H3,(H,23,27)/t15-/m1/s1. The Kier molecular flexibility index (Phi) is 6.14. The number of carbonyl (C=O) groups is 2. The van der Waals surface area contributed by atoms with Crippen molar-refractivity contribution in [3.05, 3.63) is 59.1 Å². The summed E-state index contributed by atoms with van der Waals surface area (Å²) < 4.78 is 0. The number of benzene rings is 2. The largest absolute Gasteiger partial charge is 0.369 e. The summed E-state index contributed by atoms with van der Waals surface area (Å²) in [6.45, 7) is 6.65. The first-order valence-electron chi connectivity index (χ1n) is 9.11. The van der Waals surface area contributed by atoms with E-state index in [1.807, 2.05) is 31.2 Å². The second-order valence-electron chi connectivity index (χ2n) is 6.77. The number of Topliss-reactive ketones (excluding diaryl/α,β-unsaturated/α-hetero) is 1. The van der Waals surface area contributed by atoms with Gasteiger partial charge in [0.05, 0.1) is 11.7 Å². The molecule has 0 saturated carbocycles. The minimum atomic E-state index is -0.272. The van der Waals surface area contributed by atoms with Crippen LogP contribution in [0, 0.1) is 0 Å². The van der Waals surface area contributed by atoms with E-state index in [2.05, 4.69) is 21.2 Å². The number of anilines is 2. The van der Waals surface area contributed by atoms with Crippen molar-refractivity contribution >= 4 is 34.7 Å². The summed E-state index contributed by atoms with van der Waals surface area (Å²) in [6, 6.07) is 14.7. The van der Waals surface area contributed by atoms with Crippen LogP contribution < -0.4 is 10.2 Å². The Bertz CT molecular complexity index is 832. The van der Waals surface area contributed by atoms with Crippen molar-refractivity contribution in [2.24, 2.45) is 0 Å². The molecule has 5 nitrogen and oxygen atoms in total. The molecule has 2 aromatic rings. The maximum Gasteiger partial charge on any atom is 0.241 e. The number of hydrogen-bond acceptors (Lipinski definition) is 4. The number of rotatable bonds is 5. The van der Waals surface area contributed by atoms with Crippen LogP contribution >= 0.6 is 11.6 Å². The average molecular weight is 386 g/mol. The molecule has 2 aromatic carbocycles. The number of nitrogens with one attached hydrogen (secondary N) is 1. The van der Waals surface area contributed by atoms with E-state index in [4.69, 9.17) is 11.6 Å². The summed E-state index contributed by atoms with van der Waals surface area (Å²) in [5, 5.41) is 3.64. The first kappa shape index (κ1) is 19.4. The molecule has 0 spiro atoms. The molecule has 3 rings (SSSR count). The van der Waals surface area contributed by atoms with E-state index in [1.165, 1.54) is 6.92 Å². The molecule has 0 radical (unpaired) electrons. The van der Waals surface area contributed by atoms with Gasteiger partial charge >= 0.3 is 0 Å². The van der Waals surface area contributed by atoms with E-state index in [0.29, 0.717) is 11.3 Å². The topological polar surface area (TPSA) is 52.7 Å². The molecule has 1 N–H and O–H groups in total. The quantitative estimate of drug-likeness (QED) is 0.797. The Labute approximate surface area is 164 Å². The molecule has 6 heteroatoms. The molecule has 0 bridgehead atoms. The highest BCUT2D eigenvalue weighted by Crippen LogP contribution is 2.22. The van der Waals surface area contributed by atoms with E-state index in [9.17, 15) is 9.59 Å². The lowest BCUT2D eigenvalue weighted by molar-refractivity contribution is -0.120. The molecule has 0 aromatic heterocycles. The third-order valence-electron chi connectivity index (χ3n) is 4.98. The fourth-order valence-corrected chi connectivity index (χ4v) is 3.53. The van der Waals surface area contributed by atoms with Gasteiger partial charge in [0.25, 0.3) is 0 Å². The maximum atomic E-state index is 12.7. The predicted octanol–water partition coefficient (Wildman–Crippen LogP) is 3.69. The average Bonchev–Trinajstić information content (AvgIpc) is 2.67. The van der Waals surface area contributed by atoms with Crippen LogP contribution in [0.2, 0.25) is 5.02 Å². The number of hydrogen-bond donors (Lipinski definition) is 1. The molecular weight excluding hydrogens is 362 g/mol. The molecule has 1 atom stereocenters. The van der Waals surface area contributed by atoms with Gasteiger partial charge in [-0.2, -0.15) is 0 Å². The number of amides is 1. The molecule has 0 unspecified atom stereocenters. The number of piperazine rings is 1. The number of ketones is 1. The normalized spacial score (nSPS) is 16.0. The minimum absolute atomic E-state index is 0.0614. The molecule has 1 aliphatic rings. The minimum Gasteiger partial charge on any atom is -0.369 e. The van der Waals surface area contributed by atoms with Crippen LogP contribution in [-0.2, 0) is 4.79 Å². The van der Waals surface area contributed by atoms with Gasteiger partial charge in [0.2, 0.25) is 5.91 Å². The summed E-state index contributed by atoms with van der Waals surface area (Å²) in [6.07, 6.45) is 0. The number of carbonyl (C=O) groups excluding carboxylic acids is 2. The SMILES string of the molecule is CC(=O)c1ccccc1NC(=O)[C@@H](C)N1CCN(c2cccc(Cl)c2)CC1. The van der Waals surface area contributed by atoms with Gasteiger partial charge in [-0.15, -0.1) is 0 Å². The van der Waals surface area contributed by atoms with E-state index >= 15 is 0 Å². The van der Waals surface area contributed by atoms with Crippen molar-refractivity contribution in [3.63, 3.8) is 0 Å². The van der Waals surface area contributed by atoms with Crippen LogP contribution in [-0.4, -0.2) is 48.8 Å². The van der Waals surface area contributed by atoms with Crippen LogP contribution in [0.4, 0.5) is 11.4 Å². The van der Waals surface area contributed by atoms with Crippen molar-refractivity contribution in [1.29, 1.82) is 0 Å². The second kappa shape index (κ2) is 8.55. The highest BCUT2D eigenvalue weighted by molar-refractivity contribution is 6.30. The highest BCUT2D eigenvalue weighted by Gasteiger charge is 2.26. The lowest BCUT2D eigenvalue weighted by Gasteiger charge is -2.38. The molecule has 27 heavy (non-hydrogen) atoms.